The molecule has 23 heavy (non-hydrogen) atoms. The van der Waals surface area contributed by atoms with Gasteiger partial charge in [0.1, 0.15) is 12.3 Å². The van der Waals surface area contributed by atoms with Gasteiger partial charge >= 0.3 is 0 Å². The monoisotopic (exact) mass is 312 g/mol. The molecule has 5 nitrogen and oxygen atoms in total. The summed E-state index contributed by atoms with van der Waals surface area (Å²) >= 11 is 0. The zero-order valence-corrected chi connectivity index (χ0v) is 13.4. The molecule has 1 aromatic carbocycles. The fraction of sp³-hybridized carbons (Fsp3) is 0.333. The van der Waals surface area contributed by atoms with Gasteiger partial charge in [0, 0.05) is 23.5 Å². The molecule has 0 saturated carbocycles. The highest BCUT2D eigenvalue weighted by Gasteiger charge is 2.24. The molecule has 2 heterocycles. The SMILES string of the molecule is COc1cccc(C(=O)N2CC[NH+](Cc3ccncc3)CC2)c1. The summed E-state index contributed by atoms with van der Waals surface area (Å²) in [6, 6.07) is 11.5. The Morgan fingerprint density at radius 3 is 2.65 bits per heavy atom. The van der Waals surface area contributed by atoms with Crippen LogP contribution in [-0.2, 0) is 6.54 Å². The van der Waals surface area contributed by atoms with Gasteiger partial charge in [0.2, 0.25) is 0 Å². The third-order valence-electron chi connectivity index (χ3n) is 4.28. The van der Waals surface area contributed by atoms with Gasteiger partial charge in [-0.3, -0.25) is 9.78 Å². The van der Waals surface area contributed by atoms with Crippen LogP contribution < -0.4 is 9.64 Å². The first-order valence-corrected chi connectivity index (χ1v) is 7.92. The van der Waals surface area contributed by atoms with Crippen molar-refractivity contribution >= 4 is 5.91 Å². The number of amides is 1. The molecule has 1 aromatic heterocycles. The Bertz CT molecular complexity index is 652. The van der Waals surface area contributed by atoms with Crippen LogP contribution in [0.15, 0.2) is 48.8 Å². The summed E-state index contributed by atoms with van der Waals surface area (Å²) in [6.07, 6.45) is 3.66. The van der Waals surface area contributed by atoms with Crippen LogP contribution in [0.25, 0.3) is 0 Å². The molecule has 120 valence electrons. The molecular formula is C18H22N3O2+. The zero-order valence-electron chi connectivity index (χ0n) is 13.4. The van der Waals surface area contributed by atoms with E-state index in [9.17, 15) is 4.79 Å². The molecule has 1 aliphatic rings. The van der Waals surface area contributed by atoms with E-state index < -0.39 is 0 Å². The predicted molar refractivity (Wildman–Crippen MR) is 87.5 cm³/mol. The van der Waals surface area contributed by atoms with Gasteiger partial charge in [-0.25, -0.2) is 0 Å². The number of quaternary nitrogens is 1. The maximum Gasteiger partial charge on any atom is 0.254 e. The number of pyridine rings is 1. The molecular weight excluding hydrogens is 290 g/mol. The van der Waals surface area contributed by atoms with Gasteiger partial charge < -0.3 is 14.5 Å². The van der Waals surface area contributed by atoms with Crippen molar-refractivity contribution in [2.75, 3.05) is 33.3 Å². The van der Waals surface area contributed by atoms with Crippen LogP contribution in [0.5, 0.6) is 5.75 Å². The lowest BCUT2D eigenvalue weighted by Crippen LogP contribution is -3.13. The maximum atomic E-state index is 12.6. The van der Waals surface area contributed by atoms with Gasteiger partial charge in [-0.2, -0.15) is 0 Å². The van der Waals surface area contributed by atoms with Gasteiger partial charge in [-0.05, 0) is 30.3 Å². The first-order chi connectivity index (χ1) is 11.3. The molecule has 0 radical (unpaired) electrons. The fourth-order valence-electron chi connectivity index (χ4n) is 2.93. The number of benzene rings is 1. The van der Waals surface area contributed by atoms with Gasteiger partial charge in [-0.15, -0.1) is 0 Å². The first kappa shape index (κ1) is 15.5. The van der Waals surface area contributed by atoms with Gasteiger partial charge in [0.25, 0.3) is 5.91 Å². The number of piperazine rings is 1. The van der Waals surface area contributed by atoms with Gasteiger partial charge in [-0.1, -0.05) is 6.07 Å². The lowest BCUT2D eigenvalue weighted by molar-refractivity contribution is -0.917. The first-order valence-electron chi connectivity index (χ1n) is 7.92. The van der Waals surface area contributed by atoms with E-state index in [0.29, 0.717) is 5.56 Å². The van der Waals surface area contributed by atoms with Crippen molar-refractivity contribution in [2.45, 2.75) is 6.54 Å². The third-order valence-corrected chi connectivity index (χ3v) is 4.28. The van der Waals surface area contributed by atoms with E-state index in [-0.39, 0.29) is 5.91 Å². The second-order valence-electron chi connectivity index (χ2n) is 5.81. The minimum absolute atomic E-state index is 0.0897. The average molecular weight is 312 g/mol. The Hall–Kier alpha value is -2.40. The Balaban J connectivity index is 1.57. The van der Waals surface area contributed by atoms with Crippen LogP contribution in [0, 0.1) is 0 Å². The number of hydrogen-bond acceptors (Lipinski definition) is 3. The normalized spacial score (nSPS) is 15.4. The van der Waals surface area contributed by atoms with Gasteiger partial charge in [0.15, 0.2) is 0 Å². The van der Waals surface area contributed by atoms with Crippen molar-refractivity contribution in [3.63, 3.8) is 0 Å². The molecule has 1 amide bonds. The largest absolute Gasteiger partial charge is 0.497 e. The number of nitrogens with one attached hydrogen (secondary N) is 1. The Labute approximate surface area is 136 Å². The smallest absolute Gasteiger partial charge is 0.254 e. The fourth-order valence-corrected chi connectivity index (χ4v) is 2.93. The number of ether oxygens (including phenoxy) is 1. The Morgan fingerprint density at radius 1 is 1.22 bits per heavy atom. The third kappa shape index (κ3) is 3.87. The van der Waals surface area contributed by atoms with Crippen LogP contribution in [0.1, 0.15) is 15.9 Å². The second kappa shape index (κ2) is 7.24. The van der Waals surface area contributed by atoms with Crippen molar-refractivity contribution in [1.29, 1.82) is 0 Å². The summed E-state index contributed by atoms with van der Waals surface area (Å²) in [6.45, 7) is 4.51. The van der Waals surface area contributed by atoms with E-state index in [2.05, 4.69) is 17.1 Å². The standard InChI is InChI=1S/C18H21N3O2/c1-23-17-4-2-3-16(13-17)18(22)21-11-9-20(10-12-21)14-15-5-7-19-8-6-15/h2-8,13H,9-12,14H2,1H3/p+1. The molecule has 5 heteroatoms. The highest BCUT2D eigenvalue weighted by Crippen LogP contribution is 2.14. The minimum atomic E-state index is 0.0897. The summed E-state index contributed by atoms with van der Waals surface area (Å²) in [5, 5.41) is 0. The van der Waals surface area contributed by atoms with Crippen LogP contribution in [0.2, 0.25) is 0 Å². The zero-order chi connectivity index (χ0) is 16.1. The summed E-state index contributed by atoms with van der Waals surface area (Å²) in [5.41, 5.74) is 1.99. The second-order valence-corrected chi connectivity index (χ2v) is 5.81. The van der Waals surface area contributed by atoms with E-state index in [0.717, 1.165) is 38.5 Å². The van der Waals surface area contributed by atoms with Crippen molar-refractivity contribution in [1.82, 2.24) is 9.88 Å². The number of aromatic nitrogens is 1. The quantitative estimate of drug-likeness (QED) is 0.901. The van der Waals surface area contributed by atoms with E-state index in [1.54, 1.807) is 13.2 Å². The molecule has 2 aromatic rings. The van der Waals surface area contributed by atoms with Crippen molar-refractivity contribution in [3.05, 3.63) is 59.9 Å². The van der Waals surface area contributed by atoms with Crippen LogP contribution in [0.3, 0.4) is 0 Å². The van der Waals surface area contributed by atoms with Crippen molar-refractivity contribution in [3.8, 4) is 5.75 Å². The van der Waals surface area contributed by atoms with Crippen LogP contribution in [0.4, 0.5) is 0 Å². The van der Waals surface area contributed by atoms with E-state index in [1.165, 1.54) is 10.5 Å². The summed E-state index contributed by atoms with van der Waals surface area (Å²) in [5.74, 6) is 0.810. The predicted octanol–water partition coefficient (Wildman–Crippen LogP) is 0.631. The number of hydrogen-bond donors (Lipinski definition) is 1. The number of carbonyl (C=O) groups excluding carboxylic acids is 1. The lowest BCUT2D eigenvalue weighted by Gasteiger charge is -2.32. The Kier molecular flexibility index (Phi) is 4.88. The van der Waals surface area contributed by atoms with Gasteiger partial charge in [0.05, 0.1) is 33.3 Å². The molecule has 0 atom stereocenters. The molecule has 1 saturated heterocycles. The highest BCUT2D eigenvalue weighted by atomic mass is 16.5. The minimum Gasteiger partial charge on any atom is -0.497 e. The van der Waals surface area contributed by atoms with Crippen molar-refractivity contribution in [2.24, 2.45) is 0 Å². The Morgan fingerprint density at radius 2 is 1.96 bits per heavy atom. The van der Waals surface area contributed by atoms with Crippen LogP contribution in [-0.4, -0.2) is 49.1 Å². The summed E-state index contributed by atoms with van der Waals surface area (Å²) in [4.78, 5) is 20.1. The molecule has 0 spiro atoms. The summed E-state index contributed by atoms with van der Waals surface area (Å²) < 4.78 is 5.20. The average Bonchev–Trinajstić information content (AvgIpc) is 2.63. The van der Waals surface area contributed by atoms with E-state index in [1.807, 2.05) is 35.5 Å². The molecule has 1 N–H and O–H groups in total. The van der Waals surface area contributed by atoms with Crippen molar-refractivity contribution < 1.29 is 14.4 Å². The lowest BCUT2D eigenvalue weighted by atomic mass is 10.1. The molecule has 0 unspecified atom stereocenters. The number of carbonyl (C=O) groups is 1. The number of rotatable bonds is 4. The maximum absolute atomic E-state index is 12.6. The molecule has 0 aliphatic carbocycles. The number of methoxy groups -OCH3 is 1. The number of nitrogens with zero attached hydrogens (tertiary/aromatic N) is 2. The topological polar surface area (TPSA) is 46.9 Å². The molecule has 0 bridgehead atoms. The highest BCUT2D eigenvalue weighted by molar-refractivity contribution is 5.94. The summed E-state index contributed by atoms with van der Waals surface area (Å²) in [7, 11) is 1.62. The molecule has 1 aliphatic heterocycles. The molecule has 1 fully saturated rings. The van der Waals surface area contributed by atoms with E-state index in [4.69, 9.17) is 4.74 Å². The molecule has 3 rings (SSSR count). The van der Waals surface area contributed by atoms with E-state index >= 15 is 0 Å². The van der Waals surface area contributed by atoms with Crippen LogP contribution >= 0.6 is 0 Å².